The van der Waals surface area contributed by atoms with Crippen molar-refractivity contribution in [2.75, 3.05) is 6.54 Å². The summed E-state index contributed by atoms with van der Waals surface area (Å²) in [5.41, 5.74) is 5.94. The van der Waals surface area contributed by atoms with Crippen LogP contribution in [-0.4, -0.2) is 20.7 Å². The Morgan fingerprint density at radius 1 is 0.952 bits per heavy atom. The summed E-state index contributed by atoms with van der Waals surface area (Å²) in [5.74, 6) is -0.275. The van der Waals surface area contributed by atoms with Gasteiger partial charge in [-0.15, -0.1) is 0 Å². The van der Waals surface area contributed by atoms with E-state index in [2.05, 4.69) is 0 Å². The van der Waals surface area contributed by atoms with Gasteiger partial charge in [0.15, 0.2) is 9.84 Å². The van der Waals surface area contributed by atoms with E-state index in [1.165, 1.54) is 12.1 Å². The standard InChI is InChI=1S/C16H17NO3S/c17-12-14(18)11-16(13-7-3-1-4-8-13)21(19,20)15-9-5-2-6-10-15/h1-10,16H,11-12,17H2. The maximum absolute atomic E-state index is 12.8. The van der Waals surface area contributed by atoms with Crippen molar-refractivity contribution in [2.45, 2.75) is 16.6 Å². The normalized spacial score (nSPS) is 12.8. The number of carbonyl (C=O) groups excluding carboxylic acids is 1. The molecule has 0 aromatic heterocycles. The number of rotatable bonds is 6. The van der Waals surface area contributed by atoms with Crippen LogP contribution in [0.3, 0.4) is 0 Å². The predicted molar refractivity (Wildman–Crippen MR) is 81.5 cm³/mol. The van der Waals surface area contributed by atoms with Gasteiger partial charge in [0, 0.05) is 6.42 Å². The third-order valence-corrected chi connectivity index (χ3v) is 5.38. The number of ketones is 1. The minimum absolute atomic E-state index is 0.113. The van der Waals surface area contributed by atoms with Crippen LogP contribution in [-0.2, 0) is 14.6 Å². The summed E-state index contributed by atoms with van der Waals surface area (Å²) in [6.45, 7) is -0.159. The van der Waals surface area contributed by atoms with Crippen LogP contribution < -0.4 is 5.73 Å². The highest BCUT2D eigenvalue weighted by Gasteiger charge is 2.30. The van der Waals surface area contributed by atoms with E-state index < -0.39 is 15.1 Å². The van der Waals surface area contributed by atoms with Gasteiger partial charge in [0.05, 0.1) is 16.7 Å². The number of hydrogen-bond acceptors (Lipinski definition) is 4. The fraction of sp³-hybridized carbons (Fsp3) is 0.188. The summed E-state index contributed by atoms with van der Waals surface area (Å²) < 4.78 is 25.6. The van der Waals surface area contributed by atoms with Gasteiger partial charge in [-0.05, 0) is 17.7 Å². The zero-order valence-electron chi connectivity index (χ0n) is 11.5. The first kappa shape index (κ1) is 15.4. The average molecular weight is 303 g/mol. The fourth-order valence-electron chi connectivity index (χ4n) is 2.14. The van der Waals surface area contributed by atoms with Crippen molar-refractivity contribution >= 4 is 15.6 Å². The lowest BCUT2D eigenvalue weighted by Crippen LogP contribution is -2.22. The number of hydrogen-bond donors (Lipinski definition) is 1. The Hall–Kier alpha value is -1.98. The van der Waals surface area contributed by atoms with Crippen LogP contribution >= 0.6 is 0 Å². The summed E-state index contributed by atoms with van der Waals surface area (Å²) in [4.78, 5) is 11.9. The summed E-state index contributed by atoms with van der Waals surface area (Å²) >= 11 is 0. The van der Waals surface area contributed by atoms with E-state index in [4.69, 9.17) is 5.73 Å². The van der Waals surface area contributed by atoms with Crippen LogP contribution in [0.15, 0.2) is 65.6 Å². The zero-order chi connectivity index (χ0) is 15.3. The van der Waals surface area contributed by atoms with Gasteiger partial charge < -0.3 is 5.73 Å². The Balaban J connectivity index is 2.47. The molecule has 2 N–H and O–H groups in total. The van der Waals surface area contributed by atoms with E-state index in [0.717, 1.165) is 0 Å². The first-order valence-corrected chi connectivity index (χ1v) is 8.16. The van der Waals surface area contributed by atoms with Crippen LogP contribution in [0.2, 0.25) is 0 Å². The van der Waals surface area contributed by atoms with Crippen LogP contribution in [0.25, 0.3) is 0 Å². The third kappa shape index (κ3) is 3.56. The maximum Gasteiger partial charge on any atom is 0.185 e. The van der Waals surface area contributed by atoms with Gasteiger partial charge in [0.1, 0.15) is 5.78 Å². The van der Waals surface area contributed by atoms with E-state index in [-0.39, 0.29) is 23.6 Å². The van der Waals surface area contributed by atoms with Crippen LogP contribution in [0.4, 0.5) is 0 Å². The second kappa shape index (κ2) is 6.65. The Morgan fingerprint density at radius 3 is 2.00 bits per heavy atom. The summed E-state index contributed by atoms with van der Waals surface area (Å²) in [6, 6.07) is 16.9. The second-order valence-electron chi connectivity index (χ2n) is 4.70. The lowest BCUT2D eigenvalue weighted by atomic mass is 10.1. The van der Waals surface area contributed by atoms with Gasteiger partial charge in [-0.25, -0.2) is 8.42 Å². The lowest BCUT2D eigenvalue weighted by molar-refractivity contribution is -0.117. The highest BCUT2D eigenvalue weighted by molar-refractivity contribution is 7.91. The van der Waals surface area contributed by atoms with E-state index in [1.807, 2.05) is 0 Å². The van der Waals surface area contributed by atoms with Crippen molar-refractivity contribution in [1.29, 1.82) is 0 Å². The van der Waals surface area contributed by atoms with Crippen molar-refractivity contribution in [3.05, 3.63) is 66.2 Å². The molecule has 0 amide bonds. The summed E-state index contributed by atoms with van der Waals surface area (Å²) in [6.07, 6.45) is -0.113. The molecule has 0 aliphatic carbocycles. The van der Waals surface area contributed by atoms with Gasteiger partial charge in [0.2, 0.25) is 0 Å². The molecule has 0 heterocycles. The monoisotopic (exact) mass is 303 g/mol. The van der Waals surface area contributed by atoms with E-state index in [9.17, 15) is 13.2 Å². The predicted octanol–water partition coefficient (Wildman–Crippen LogP) is 2.12. The molecule has 0 saturated carbocycles. The van der Waals surface area contributed by atoms with Crippen molar-refractivity contribution in [1.82, 2.24) is 0 Å². The van der Waals surface area contributed by atoms with Gasteiger partial charge in [-0.1, -0.05) is 48.5 Å². The molecule has 0 aliphatic rings. The third-order valence-electron chi connectivity index (χ3n) is 3.26. The van der Waals surface area contributed by atoms with Crippen molar-refractivity contribution < 1.29 is 13.2 Å². The second-order valence-corrected chi connectivity index (χ2v) is 6.83. The van der Waals surface area contributed by atoms with Crippen molar-refractivity contribution in [2.24, 2.45) is 5.73 Å². The molecule has 0 bridgehead atoms. The number of Topliss-reactive ketones (excluding diaryl/α,β-unsaturated/α-hetero) is 1. The fourth-order valence-corrected chi connectivity index (χ4v) is 3.92. The first-order valence-electron chi connectivity index (χ1n) is 6.61. The molecule has 2 rings (SSSR count). The molecular weight excluding hydrogens is 286 g/mol. The quantitative estimate of drug-likeness (QED) is 0.886. The van der Waals surface area contributed by atoms with Gasteiger partial charge >= 0.3 is 0 Å². The lowest BCUT2D eigenvalue weighted by Gasteiger charge is -2.17. The highest BCUT2D eigenvalue weighted by Crippen LogP contribution is 2.31. The molecule has 0 spiro atoms. The number of carbonyl (C=O) groups is 1. The average Bonchev–Trinajstić information content (AvgIpc) is 2.53. The van der Waals surface area contributed by atoms with Crippen LogP contribution in [0.5, 0.6) is 0 Å². The molecule has 0 saturated heterocycles. The largest absolute Gasteiger partial charge is 0.324 e. The van der Waals surface area contributed by atoms with Crippen LogP contribution in [0, 0.1) is 0 Å². The Morgan fingerprint density at radius 2 is 1.48 bits per heavy atom. The summed E-state index contributed by atoms with van der Waals surface area (Å²) in [7, 11) is -3.64. The Labute approximate surface area is 124 Å². The van der Waals surface area contributed by atoms with E-state index in [0.29, 0.717) is 5.56 Å². The van der Waals surface area contributed by atoms with Gasteiger partial charge in [-0.3, -0.25) is 4.79 Å². The van der Waals surface area contributed by atoms with Gasteiger partial charge in [-0.2, -0.15) is 0 Å². The van der Waals surface area contributed by atoms with Crippen molar-refractivity contribution in [3.8, 4) is 0 Å². The molecule has 110 valence electrons. The minimum Gasteiger partial charge on any atom is -0.324 e. The van der Waals surface area contributed by atoms with E-state index in [1.54, 1.807) is 48.5 Å². The molecule has 2 aromatic carbocycles. The molecular formula is C16H17NO3S. The number of sulfone groups is 1. The molecule has 0 aliphatic heterocycles. The van der Waals surface area contributed by atoms with Gasteiger partial charge in [0.25, 0.3) is 0 Å². The SMILES string of the molecule is NCC(=O)CC(c1ccccc1)S(=O)(=O)c1ccccc1. The first-order chi connectivity index (χ1) is 10.1. The Bertz CT molecular complexity index is 697. The number of benzene rings is 2. The molecule has 21 heavy (non-hydrogen) atoms. The minimum atomic E-state index is -3.64. The molecule has 0 fully saturated rings. The molecule has 1 atom stereocenters. The molecule has 1 unspecified atom stereocenters. The van der Waals surface area contributed by atoms with Crippen molar-refractivity contribution in [3.63, 3.8) is 0 Å². The Kier molecular flexibility index (Phi) is 4.88. The number of nitrogens with two attached hydrogens (primary N) is 1. The molecule has 2 aromatic rings. The maximum atomic E-state index is 12.8. The topological polar surface area (TPSA) is 77.2 Å². The van der Waals surface area contributed by atoms with Crippen LogP contribution in [0.1, 0.15) is 17.2 Å². The molecule has 0 radical (unpaired) electrons. The summed E-state index contributed by atoms with van der Waals surface area (Å²) in [5, 5.41) is -0.905. The van der Waals surface area contributed by atoms with E-state index >= 15 is 0 Å². The smallest absolute Gasteiger partial charge is 0.185 e. The highest BCUT2D eigenvalue weighted by atomic mass is 32.2. The molecule has 5 heteroatoms. The zero-order valence-corrected chi connectivity index (χ0v) is 12.3. The molecule has 4 nitrogen and oxygen atoms in total.